The summed E-state index contributed by atoms with van der Waals surface area (Å²) in [4.78, 5) is 19.3. The first kappa shape index (κ1) is 14.3. The van der Waals surface area contributed by atoms with Gasteiger partial charge in [0.1, 0.15) is 5.65 Å². The van der Waals surface area contributed by atoms with Crippen LogP contribution in [0.1, 0.15) is 42.5 Å². The van der Waals surface area contributed by atoms with Gasteiger partial charge < -0.3 is 21.1 Å². The second-order valence-corrected chi connectivity index (χ2v) is 8.02. The Bertz CT molecular complexity index is 814. The number of nitrogens with two attached hydrogens (primary N) is 1. The van der Waals surface area contributed by atoms with E-state index >= 15 is 0 Å². The molecule has 4 bridgehead atoms. The quantitative estimate of drug-likeness (QED) is 0.692. The van der Waals surface area contributed by atoms with Crippen LogP contribution in [0, 0.1) is 17.8 Å². The molecule has 5 N–H and O–H groups in total. The average molecular weight is 326 g/mol. The third-order valence-electron chi connectivity index (χ3n) is 6.40. The van der Waals surface area contributed by atoms with E-state index in [1.807, 2.05) is 12.3 Å². The summed E-state index contributed by atoms with van der Waals surface area (Å²) in [6.07, 6.45) is 8.42. The number of rotatable bonds is 3. The highest BCUT2D eigenvalue weighted by molar-refractivity contribution is 6.06. The zero-order valence-corrected chi connectivity index (χ0v) is 13.5. The number of primary amides is 1. The zero-order chi connectivity index (χ0) is 16.5. The van der Waals surface area contributed by atoms with Crippen molar-refractivity contribution in [2.24, 2.45) is 23.5 Å². The minimum Gasteiger partial charge on any atom is -0.390 e. The summed E-state index contributed by atoms with van der Waals surface area (Å²) in [6, 6.07) is 2.22. The van der Waals surface area contributed by atoms with E-state index in [2.05, 4.69) is 15.3 Å². The maximum Gasteiger partial charge on any atom is 0.252 e. The molecule has 0 radical (unpaired) electrons. The van der Waals surface area contributed by atoms with Gasteiger partial charge in [0.2, 0.25) is 0 Å². The van der Waals surface area contributed by atoms with Crippen LogP contribution in [0.3, 0.4) is 0 Å². The molecule has 6 nitrogen and oxygen atoms in total. The molecule has 3 unspecified atom stereocenters. The van der Waals surface area contributed by atoms with Crippen molar-refractivity contribution in [3.8, 4) is 0 Å². The van der Waals surface area contributed by atoms with Gasteiger partial charge in [-0.05, 0) is 55.9 Å². The summed E-state index contributed by atoms with van der Waals surface area (Å²) >= 11 is 0. The van der Waals surface area contributed by atoms with Gasteiger partial charge in [-0.15, -0.1) is 0 Å². The van der Waals surface area contributed by atoms with Crippen LogP contribution in [0.5, 0.6) is 0 Å². The first-order valence-corrected chi connectivity index (χ1v) is 8.77. The van der Waals surface area contributed by atoms with Gasteiger partial charge in [-0.25, -0.2) is 4.98 Å². The molecule has 24 heavy (non-hydrogen) atoms. The monoisotopic (exact) mass is 326 g/mol. The summed E-state index contributed by atoms with van der Waals surface area (Å²) in [5, 5.41) is 15.3. The number of aliphatic hydroxyl groups is 1. The highest BCUT2D eigenvalue weighted by atomic mass is 16.3. The first-order chi connectivity index (χ1) is 11.5. The topological polar surface area (TPSA) is 104 Å². The molecule has 5 atom stereocenters. The molecule has 1 amide bonds. The van der Waals surface area contributed by atoms with Gasteiger partial charge in [-0.2, -0.15) is 0 Å². The summed E-state index contributed by atoms with van der Waals surface area (Å²) in [5.41, 5.74) is 7.10. The van der Waals surface area contributed by atoms with Crippen LogP contribution in [0.4, 0.5) is 5.69 Å². The van der Waals surface area contributed by atoms with E-state index in [0.29, 0.717) is 29.4 Å². The second kappa shape index (κ2) is 4.72. The number of anilines is 1. The molecule has 0 spiro atoms. The van der Waals surface area contributed by atoms with Crippen LogP contribution in [0.15, 0.2) is 18.5 Å². The molecular formula is C18H22N4O2. The lowest BCUT2D eigenvalue weighted by atomic mass is 9.52. The molecule has 4 aliphatic rings. The molecule has 0 aromatic carbocycles. The highest BCUT2D eigenvalue weighted by Gasteiger charge is 2.54. The Balaban J connectivity index is 1.54. The van der Waals surface area contributed by atoms with Gasteiger partial charge in [0.15, 0.2) is 0 Å². The molecule has 2 aromatic rings. The van der Waals surface area contributed by atoms with E-state index < -0.39 is 11.5 Å². The van der Waals surface area contributed by atoms with E-state index in [9.17, 15) is 9.90 Å². The van der Waals surface area contributed by atoms with E-state index in [1.165, 1.54) is 12.8 Å². The van der Waals surface area contributed by atoms with Crippen LogP contribution in [-0.2, 0) is 0 Å². The molecule has 4 saturated carbocycles. The fourth-order valence-corrected chi connectivity index (χ4v) is 5.73. The maximum absolute atomic E-state index is 11.9. The van der Waals surface area contributed by atoms with Crippen molar-refractivity contribution >= 4 is 22.6 Å². The second-order valence-electron chi connectivity index (χ2n) is 8.02. The number of carbonyl (C=O) groups excluding carboxylic acids is 1. The number of fused-ring (bicyclic) bond motifs is 1. The zero-order valence-electron chi connectivity index (χ0n) is 13.5. The van der Waals surface area contributed by atoms with Crippen LogP contribution in [0.2, 0.25) is 0 Å². The number of carbonyl (C=O) groups is 1. The number of H-pyrrole nitrogens is 1. The third-order valence-corrected chi connectivity index (χ3v) is 6.40. The van der Waals surface area contributed by atoms with Crippen molar-refractivity contribution in [1.82, 2.24) is 9.97 Å². The number of aromatic amines is 1. The summed E-state index contributed by atoms with van der Waals surface area (Å²) in [7, 11) is 0. The number of pyridine rings is 1. The Kier molecular flexibility index (Phi) is 2.81. The summed E-state index contributed by atoms with van der Waals surface area (Å²) in [6.45, 7) is 0. The fraction of sp³-hybridized carbons (Fsp3) is 0.556. The minimum atomic E-state index is -0.462. The fourth-order valence-electron chi connectivity index (χ4n) is 5.73. The Morgan fingerprint density at radius 1 is 1.33 bits per heavy atom. The van der Waals surface area contributed by atoms with Crippen LogP contribution in [0.25, 0.3) is 11.0 Å². The van der Waals surface area contributed by atoms with Crippen molar-refractivity contribution < 1.29 is 9.90 Å². The summed E-state index contributed by atoms with van der Waals surface area (Å²) < 4.78 is 0. The van der Waals surface area contributed by atoms with Gasteiger partial charge in [-0.1, -0.05) is 0 Å². The SMILES string of the molecule is NC(=O)c1cnc2[nH]ccc2c1NC1[C@@H]2CC3C[C@H]1CC(O)(C3)C2. The van der Waals surface area contributed by atoms with Crippen molar-refractivity contribution in [3.05, 3.63) is 24.0 Å². The largest absolute Gasteiger partial charge is 0.390 e. The lowest BCUT2D eigenvalue weighted by Crippen LogP contribution is -2.59. The van der Waals surface area contributed by atoms with Crippen molar-refractivity contribution in [1.29, 1.82) is 0 Å². The molecule has 0 saturated heterocycles. The number of hydrogen-bond donors (Lipinski definition) is 4. The molecule has 6 heteroatoms. The molecule has 0 aliphatic heterocycles. The predicted octanol–water partition coefficient (Wildman–Crippen LogP) is 2.01. The Morgan fingerprint density at radius 3 is 2.75 bits per heavy atom. The maximum atomic E-state index is 11.9. The molecule has 2 aromatic heterocycles. The molecule has 4 fully saturated rings. The summed E-state index contributed by atoms with van der Waals surface area (Å²) in [5.74, 6) is 1.12. The molecule has 126 valence electrons. The van der Waals surface area contributed by atoms with Gasteiger partial charge >= 0.3 is 0 Å². The van der Waals surface area contributed by atoms with Crippen molar-refractivity contribution in [3.63, 3.8) is 0 Å². The standard InChI is InChI=1S/C18H22N4O2/c19-16(23)13-8-21-17-12(1-2-20-17)15(13)22-14-10-3-9-4-11(14)7-18(24,5-9)6-10/h1-2,8-11,14,24H,3-7H2,(H2,19,23)(H2,20,21,22)/t9?,10-,11+,14?,18?. The predicted molar refractivity (Wildman–Crippen MR) is 90.5 cm³/mol. The number of amides is 1. The van der Waals surface area contributed by atoms with Gasteiger partial charge in [0.05, 0.1) is 16.9 Å². The Morgan fingerprint density at radius 2 is 2.08 bits per heavy atom. The normalized spacial score (nSPS) is 37.0. The van der Waals surface area contributed by atoms with Gasteiger partial charge in [0.25, 0.3) is 5.91 Å². The number of aromatic nitrogens is 2. The third kappa shape index (κ3) is 1.99. The number of hydrogen-bond acceptors (Lipinski definition) is 4. The van der Waals surface area contributed by atoms with E-state index in [-0.39, 0.29) is 0 Å². The number of nitrogens with zero attached hydrogens (tertiary/aromatic N) is 1. The van der Waals surface area contributed by atoms with E-state index in [0.717, 1.165) is 36.0 Å². The lowest BCUT2D eigenvalue weighted by molar-refractivity contribution is -0.129. The van der Waals surface area contributed by atoms with E-state index in [4.69, 9.17) is 5.73 Å². The van der Waals surface area contributed by atoms with Crippen LogP contribution in [-0.4, -0.2) is 32.6 Å². The smallest absolute Gasteiger partial charge is 0.252 e. The number of nitrogens with one attached hydrogen (secondary N) is 2. The van der Waals surface area contributed by atoms with E-state index in [1.54, 1.807) is 6.20 Å². The Labute approximate surface area is 139 Å². The van der Waals surface area contributed by atoms with Crippen molar-refractivity contribution in [2.45, 2.75) is 43.7 Å². The van der Waals surface area contributed by atoms with Gasteiger partial charge in [-0.3, -0.25) is 4.79 Å². The van der Waals surface area contributed by atoms with Gasteiger partial charge in [0, 0.05) is 23.8 Å². The minimum absolute atomic E-state index is 0.292. The molecule has 6 rings (SSSR count). The molecule has 2 heterocycles. The highest BCUT2D eigenvalue weighted by Crippen LogP contribution is 2.56. The Hall–Kier alpha value is -2.08. The van der Waals surface area contributed by atoms with Crippen LogP contribution < -0.4 is 11.1 Å². The first-order valence-electron chi connectivity index (χ1n) is 8.77. The van der Waals surface area contributed by atoms with Crippen molar-refractivity contribution in [2.75, 3.05) is 5.32 Å². The van der Waals surface area contributed by atoms with Crippen LogP contribution >= 0.6 is 0 Å². The average Bonchev–Trinajstić information content (AvgIpc) is 2.97. The molecular weight excluding hydrogens is 304 g/mol. The molecule has 4 aliphatic carbocycles. The lowest BCUT2D eigenvalue weighted by Gasteiger charge is -2.58.